The van der Waals surface area contributed by atoms with Gasteiger partial charge in [0.2, 0.25) is 0 Å². The third-order valence-corrected chi connectivity index (χ3v) is 4.32. The molecule has 0 aliphatic carbocycles. The molecule has 0 saturated heterocycles. The second kappa shape index (κ2) is 10.7. The molecular weight excluding hydrogens is 436 g/mol. The van der Waals surface area contributed by atoms with Crippen LogP contribution < -0.4 is 15.5 Å². The van der Waals surface area contributed by atoms with Gasteiger partial charge in [0.05, 0.1) is 11.1 Å². The standard InChI is InChI=1S/C22H17ClN4O5/c23-16-4-3-5-17(12-16)25-21(28)14-32-18-10-8-15(9-11-18)13-24-26-22(29)19-6-1-2-7-20(19)27(30)31/h1-13H,14H2,(H,25,28)(H,26,29)/b24-13-. The number of rotatable bonds is 8. The van der Waals surface area contributed by atoms with Crippen molar-refractivity contribution in [2.45, 2.75) is 0 Å². The number of hydrogen-bond donors (Lipinski definition) is 2. The van der Waals surface area contributed by atoms with Gasteiger partial charge in [-0.2, -0.15) is 5.10 Å². The Bertz CT molecular complexity index is 1160. The Hall–Kier alpha value is -4.24. The number of ether oxygens (including phenoxy) is 1. The van der Waals surface area contributed by atoms with E-state index in [1.54, 1.807) is 48.5 Å². The van der Waals surface area contributed by atoms with Crippen LogP contribution in [0.25, 0.3) is 0 Å². The van der Waals surface area contributed by atoms with E-state index in [1.807, 2.05) is 0 Å². The Kier molecular flexibility index (Phi) is 7.50. The number of nitrogens with one attached hydrogen (secondary N) is 2. The number of para-hydroxylation sites is 1. The number of hydrazone groups is 1. The summed E-state index contributed by atoms with van der Waals surface area (Å²) in [7, 11) is 0. The molecule has 0 aliphatic rings. The molecule has 3 aromatic carbocycles. The van der Waals surface area contributed by atoms with Crippen LogP contribution in [0.1, 0.15) is 15.9 Å². The number of benzene rings is 3. The molecule has 0 fully saturated rings. The summed E-state index contributed by atoms with van der Waals surface area (Å²) < 4.78 is 5.44. The average molecular weight is 453 g/mol. The van der Waals surface area contributed by atoms with Gasteiger partial charge in [0.1, 0.15) is 11.3 Å². The fraction of sp³-hybridized carbons (Fsp3) is 0.0455. The van der Waals surface area contributed by atoms with E-state index >= 15 is 0 Å². The molecule has 0 spiro atoms. The summed E-state index contributed by atoms with van der Waals surface area (Å²) in [6.45, 7) is -0.189. The number of hydrogen-bond acceptors (Lipinski definition) is 6. The quantitative estimate of drug-likeness (QED) is 0.303. The van der Waals surface area contributed by atoms with E-state index in [2.05, 4.69) is 15.8 Å². The van der Waals surface area contributed by atoms with Crippen LogP contribution in [0.2, 0.25) is 5.02 Å². The summed E-state index contributed by atoms with van der Waals surface area (Å²) in [5.41, 5.74) is 3.08. The summed E-state index contributed by atoms with van der Waals surface area (Å²) in [6, 6.07) is 19.0. The summed E-state index contributed by atoms with van der Waals surface area (Å²) in [5.74, 6) is -0.567. The lowest BCUT2D eigenvalue weighted by Gasteiger charge is -2.08. The largest absolute Gasteiger partial charge is 0.484 e. The Labute approximate surface area is 187 Å². The second-order valence-corrected chi connectivity index (χ2v) is 6.83. The molecular formula is C22H17ClN4O5. The Morgan fingerprint density at radius 3 is 2.53 bits per heavy atom. The van der Waals surface area contributed by atoms with Crippen LogP contribution in [0.4, 0.5) is 11.4 Å². The normalized spacial score (nSPS) is 10.5. The van der Waals surface area contributed by atoms with E-state index in [0.717, 1.165) is 0 Å². The molecule has 2 amide bonds. The van der Waals surface area contributed by atoms with Crippen molar-refractivity contribution in [1.82, 2.24) is 5.43 Å². The highest BCUT2D eigenvalue weighted by atomic mass is 35.5. The molecule has 0 unspecified atom stereocenters. The maximum absolute atomic E-state index is 12.1. The number of nitro groups is 1. The predicted octanol–water partition coefficient (Wildman–Crippen LogP) is 4.03. The SMILES string of the molecule is O=C(COc1ccc(/C=N\NC(=O)c2ccccc2[N+](=O)[O-])cc1)Nc1cccc(Cl)c1. The van der Waals surface area contributed by atoms with Gasteiger partial charge in [-0.15, -0.1) is 0 Å². The van der Waals surface area contributed by atoms with Crippen molar-refractivity contribution in [1.29, 1.82) is 0 Å². The van der Waals surface area contributed by atoms with Crippen LogP contribution in [0.3, 0.4) is 0 Å². The lowest BCUT2D eigenvalue weighted by atomic mass is 10.2. The van der Waals surface area contributed by atoms with Crippen molar-refractivity contribution >= 4 is 41.0 Å². The predicted molar refractivity (Wildman–Crippen MR) is 120 cm³/mol. The van der Waals surface area contributed by atoms with Gasteiger partial charge in [0.25, 0.3) is 17.5 Å². The minimum absolute atomic E-state index is 0.0885. The molecule has 0 aromatic heterocycles. The van der Waals surface area contributed by atoms with Gasteiger partial charge >= 0.3 is 0 Å². The number of nitrogens with zero attached hydrogens (tertiary/aromatic N) is 2. The monoisotopic (exact) mass is 452 g/mol. The van der Waals surface area contributed by atoms with E-state index in [-0.39, 0.29) is 23.8 Å². The van der Waals surface area contributed by atoms with Gasteiger partial charge in [0.15, 0.2) is 6.61 Å². The third kappa shape index (κ3) is 6.38. The maximum Gasteiger partial charge on any atom is 0.282 e. The van der Waals surface area contributed by atoms with Crippen molar-refractivity contribution in [2.75, 3.05) is 11.9 Å². The van der Waals surface area contributed by atoms with Crippen LogP contribution >= 0.6 is 11.6 Å². The van der Waals surface area contributed by atoms with Gasteiger partial charge in [-0.25, -0.2) is 5.43 Å². The zero-order chi connectivity index (χ0) is 22.9. The molecule has 0 radical (unpaired) electrons. The Morgan fingerprint density at radius 1 is 1.06 bits per heavy atom. The van der Waals surface area contributed by atoms with Gasteiger partial charge in [0, 0.05) is 16.8 Å². The van der Waals surface area contributed by atoms with E-state index in [4.69, 9.17) is 16.3 Å². The molecule has 0 heterocycles. The second-order valence-electron chi connectivity index (χ2n) is 6.39. The van der Waals surface area contributed by atoms with E-state index < -0.39 is 10.8 Å². The first kappa shape index (κ1) is 22.4. The number of carbonyl (C=O) groups excluding carboxylic acids is 2. The summed E-state index contributed by atoms with van der Waals surface area (Å²) in [6.07, 6.45) is 1.38. The van der Waals surface area contributed by atoms with Crippen LogP contribution in [-0.2, 0) is 4.79 Å². The molecule has 0 saturated carbocycles. The number of halogens is 1. The fourth-order valence-corrected chi connectivity index (χ4v) is 2.80. The molecule has 0 atom stereocenters. The first-order valence-corrected chi connectivity index (χ1v) is 9.65. The lowest BCUT2D eigenvalue weighted by Crippen LogP contribution is -2.20. The maximum atomic E-state index is 12.1. The number of amides is 2. The zero-order valence-corrected chi connectivity index (χ0v) is 17.3. The summed E-state index contributed by atoms with van der Waals surface area (Å²) >= 11 is 5.88. The molecule has 3 aromatic rings. The summed E-state index contributed by atoms with van der Waals surface area (Å²) in [4.78, 5) is 34.5. The van der Waals surface area contributed by atoms with E-state index in [0.29, 0.717) is 22.0 Å². The topological polar surface area (TPSA) is 123 Å². The first-order valence-electron chi connectivity index (χ1n) is 9.27. The van der Waals surface area contributed by atoms with Crippen molar-refractivity contribution in [3.63, 3.8) is 0 Å². The Morgan fingerprint density at radius 2 is 1.81 bits per heavy atom. The number of nitro benzene ring substituents is 1. The highest BCUT2D eigenvalue weighted by Gasteiger charge is 2.18. The molecule has 2 N–H and O–H groups in total. The smallest absolute Gasteiger partial charge is 0.282 e. The van der Waals surface area contributed by atoms with Crippen LogP contribution in [0.5, 0.6) is 5.75 Å². The van der Waals surface area contributed by atoms with Gasteiger partial charge in [-0.05, 0) is 54.1 Å². The molecule has 9 nitrogen and oxygen atoms in total. The highest BCUT2D eigenvalue weighted by molar-refractivity contribution is 6.30. The van der Waals surface area contributed by atoms with Gasteiger partial charge in [-0.3, -0.25) is 19.7 Å². The molecule has 10 heteroatoms. The third-order valence-electron chi connectivity index (χ3n) is 4.08. The van der Waals surface area contributed by atoms with Crippen LogP contribution in [0, 0.1) is 10.1 Å². The lowest BCUT2D eigenvalue weighted by molar-refractivity contribution is -0.385. The molecule has 32 heavy (non-hydrogen) atoms. The van der Waals surface area contributed by atoms with E-state index in [1.165, 1.54) is 30.5 Å². The van der Waals surface area contributed by atoms with Crippen molar-refractivity contribution in [3.05, 3.63) is 99.1 Å². The minimum atomic E-state index is -0.695. The summed E-state index contributed by atoms with van der Waals surface area (Å²) in [5, 5.41) is 18.0. The number of anilines is 1. The van der Waals surface area contributed by atoms with E-state index in [9.17, 15) is 19.7 Å². The van der Waals surface area contributed by atoms with Gasteiger partial charge in [-0.1, -0.05) is 29.8 Å². The molecule has 0 aliphatic heterocycles. The molecule has 0 bridgehead atoms. The Balaban J connectivity index is 1.50. The van der Waals surface area contributed by atoms with Crippen molar-refractivity contribution in [2.24, 2.45) is 5.10 Å². The van der Waals surface area contributed by atoms with Crippen molar-refractivity contribution in [3.8, 4) is 5.75 Å². The molecule has 162 valence electrons. The van der Waals surface area contributed by atoms with Crippen molar-refractivity contribution < 1.29 is 19.2 Å². The average Bonchev–Trinajstić information content (AvgIpc) is 2.78. The highest BCUT2D eigenvalue weighted by Crippen LogP contribution is 2.17. The minimum Gasteiger partial charge on any atom is -0.484 e. The fourth-order valence-electron chi connectivity index (χ4n) is 2.61. The zero-order valence-electron chi connectivity index (χ0n) is 16.5. The first-order chi connectivity index (χ1) is 15.4. The van der Waals surface area contributed by atoms with Crippen LogP contribution in [-0.4, -0.2) is 29.6 Å². The van der Waals surface area contributed by atoms with Gasteiger partial charge < -0.3 is 10.1 Å². The molecule has 3 rings (SSSR count). The number of carbonyl (C=O) groups is 2. The van der Waals surface area contributed by atoms with Crippen LogP contribution in [0.15, 0.2) is 77.9 Å².